The number of nitrogens with zero attached hydrogens (tertiary/aromatic N) is 2. The van der Waals surface area contributed by atoms with Gasteiger partial charge in [-0.05, 0) is 36.6 Å². The van der Waals surface area contributed by atoms with E-state index >= 15 is 0 Å². The molecule has 0 radical (unpaired) electrons. The van der Waals surface area contributed by atoms with Gasteiger partial charge in [0.1, 0.15) is 0 Å². The molecule has 0 saturated carbocycles. The van der Waals surface area contributed by atoms with Crippen LogP contribution < -0.4 is 0 Å². The van der Waals surface area contributed by atoms with E-state index in [0.717, 1.165) is 11.1 Å². The van der Waals surface area contributed by atoms with E-state index in [1.54, 1.807) is 11.8 Å². The van der Waals surface area contributed by atoms with Crippen molar-refractivity contribution in [3.8, 4) is 0 Å². The maximum Gasteiger partial charge on any atom is 0.247 e. The SMILES string of the molecule is CSc1ccc(CN(C)C2CC(=O)N(Cc3ccccc3)C2=O)cc1. The van der Waals surface area contributed by atoms with Crippen molar-refractivity contribution in [2.75, 3.05) is 13.3 Å². The van der Waals surface area contributed by atoms with E-state index in [1.807, 2.05) is 48.5 Å². The number of likely N-dealkylation sites (N-methyl/N-ethyl adjacent to an activating group) is 1. The molecule has 2 aromatic carbocycles. The number of carbonyl (C=O) groups excluding carboxylic acids is 2. The van der Waals surface area contributed by atoms with Crippen LogP contribution in [0, 0.1) is 0 Å². The summed E-state index contributed by atoms with van der Waals surface area (Å²) in [7, 11) is 1.91. The van der Waals surface area contributed by atoms with E-state index in [4.69, 9.17) is 0 Å². The third-order valence-corrected chi connectivity index (χ3v) is 5.27. The normalized spacial score (nSPS) is 17.6. The molecule has 3 rings (SSSR count). The fourth-order valence-corrected chi connectivity index (χ4v) is 3.48. The second kappa shape index (κ2) is 7.85. The van der Waals surface area contributed by atoms with Gasteiger partial charge in [0.2, 0.25) is 11.8 Å². The van der Waals surface area contributed by atoms with Crippen molar-refractivity contribution in [2.45, 2.75) is 30.4 Å². The highest BCUT2D eigenvalue weighted by atomic mass is 32.2. The average molecular weight is 354 g/mol. The second-order valence-electron chi connectivity index (χ2n) is 6.29. The van der Waals surface area contributed by atoms with E-state index in [-0.39, 0.29) is 24.3 Å². The number of rotatable bonds is 6. The molecule has 0 aromatic heterocycles. The second-order valence-corrected chi connectivity index (χ2v) is 7.17. The van der Waals surface area contributed by atoms with Gasteiger partial charge in [-0.2, -0.15) is 0 Å². The van der Waals surface area contributed by atoms with Crippen LogP contribution in [0.3, 0.4) is 0 Å². The van der Waals surface area contributed by atoms with E-state index < -0.39 is 0 Å². The van der Waals surface area contributed by atoms with Crippen molar-refractivity contribution in [1.29, 1.82) is 0 Å². The summed E-state index contributed by atoms with van der Waals surface area (Å²) in [6.07, 6.45) is 2.30. The Morgan fingerprint density at radius 3 is 2.36 bits per heavy atom. The molecule has 1 aliphatic rings. The topological polar surface area (TPSA) is 40.6 Å². The molecule has 1 saturated heterocycles. The summed E-state index contributed by atoms with van der Waals surface area (Å²) < 4.78 is 0. The van der Waals surface area contributed by atoms with Crippen LogP contribution in [0.1, 0.15) is 17.5 Å². The lowest BCUT2D eigenvalue weighted by Gasteiger charge is -2.23. The number of thioether (sulfide) groups is 1. The van der Waals surface area contributed by atoms with Gasteiger partial charge < -0.3 is 0 Å². The standard InChI is InChI=1S/C20H22N2O2S/c1-21(13-16-8-10-17(25-2)11-9-16)18-12-19(23)22(20(18)24)14-15-6-4-3-5-7-15/h3-11,18H,12-14H2,1-2H3. The predicted octanol–water partition coefficient (Wildman–Crippen LogP) is 3.17. The Bertz CT molecular complexity index is 746. The molecule has 4 nitrogen and oxygen atoms in total. The summed E-state index contributed by atoms with van der Waals surface area (Å²) in [5.41, 5.74) is 2.11. The number of imide groups is 1. The van der Waals surface area contributed by atoms with E-state index in [9.17, 15) is 9.59 Å². The van der Waals surface area contributed by atoms with Gasteiger partial charge in [0.05, 0.1) is 19.0 Å². The lowest BCUT2D eigenvalue weighted by molar-refractivity contribution is -0.140. The highest BCUT2D eigenvalue weighted by Gasteiger charge is 2.40. The smallest absolute Gasteiger partial charge is 0.247 e. The number of likely N-dealkylation sites (tertiary alicyclic amines) is 1. The Kier molecular flexibility index (Phi) is 5.56. The highest BCUT2D eigenvalue weighted by Crippen LogP contribution is 2.22. The summed E-state index contributed by atoms with van der Waals surface area (Å²) in [5.74, 6) is -0.194. The molecule has 0 spiro atoms. The number of carbonyl (C=O) groups is 2. The summed E-state index contributed by atoms with van der Waals surface area (Å²) in [6.45, 7) is 1.00. The first kappa shape index (κ1) is 17.7. The van der Waals surface area contributed by atoms with Gasteiger partial charge >= 0.3 is 0 Å². The zero-order chi connectivity index (χ0) is 17.8. The molecule has 1 fully saturated rings. The molecular formula is C20H22N2O2S. The Morgan fingerprint density at radius 1 is 1.04 bits per heavy atom. The fraction of sp³-hybridized carbons (Fsp3) is 0.300. The van der Waals surface area contributed by atoms with Gasteiger partial charge in [-0.1, -0.05) is 42.5 Å². The van der Waals surface area contributed by atoms with Gasteiger partial charge in [-0.25, -0.2) is 0 Å². The first-order valence-corrected chi connectivity index (χ1v) is 9.52. The molecular weight excluding hydrogens is 332 g/mol. The lowest BCUT2D eigenvalue weighted by atomic mass is 10.1. The minimum absolute atomic E-state index is 0.0940. The first-order chi connectivity index (χ1) is 12.1. The third-order valence-electron chi connectivity index (χ3n) is 4.53. The van der Waals surface area contributed by atoms with Crippen molar-refractivity contribution in [1.82, 2.24) is 9.80 Å². The van der Waals surface area contributed by atoms with Crippen LogP contribution in [0.25, 0.3) is 0 Å². The van der Waals surface area contributed by atoms with Crippen LogP contribution in [0.15, 0.2) is 59.5 Å². The Balaban J connectivity index is 1.66. The van der Waals surface area contributed by atoms with Gasteiger partial charge in [0.15, 0.2) is 0 Å². The first-order valence-electron chi connectivity index (χ1n) is 8.30. The summed E-state index contributed by atoms with van der Waals surface area (Å²) in [5, 5.41) is 0. The molecule has 1 heterocycles. The van der Waals surface area contributed by atoms with Crippen LogP contribution in [0.2, 0.25) is 0 Å². The zero-order valence-corrected chi connectivity index (χ0v) is 15.3. The predicted molar refractivity (Wildman–Crippen MR) is 100 cm³/mol. The molecule has 5 heteroatoms. The van der Waals surface area contributed by atoms with E-state index in [0.29, 0.717) is 13.1 Å². The van der Waals surface area contributed by atoms with Crippen LogP contribution in [0.5, 0.6) is 0 Å². The molecule has 130 valence electrons. The molecule has 2 aromatic rings. The minimum Gasteiger partial charge on any atom is -0.290 e. The molecule has 1 atom stereocenters. The zero-order valence-electron chi connectivity index (χ0n) is 14.5. The van der Waals surface area contributed by atoms with Crippen molar-refractivity contribution < 1.29 is 9.59 Å². The monoisotopic (exact) mass is 354 g/mol. The Morgan fingerprint density at radius 2 is 1.72 bits per heavy atom. The number of benzene rings is 2. The fourth-order valence-electron chi connectivity index (χ4n) is 3.07. The Labute approximate surface area is 152 Å². The van der Waals surface area contributed by atoms with E-state index in [1.165, 1.54) is 9.80 Å². The van der Waals surface area contributed by atoms with Crippen LogP contribution in [0.4, 0.5) is 0 Å². The summed E-state index contributed by atoms with van der Waals surface area (Å²) >= 11 is 1.70. The lowest BCUT2D eigenvalue weighted by Crippen LogP contribution is -2.39. The molecule has 2 amide bonds. The number of hydrogen-bond donors (Lipinski definition) is 0. The largest absolute Gasteiger partial charge is 0.290 e. The molecule has 0 aliphatic carbocycles. The molecule has 1 aliphatic heterocycles. The van der Waals surface area contributed by atoms with Crippen molar-refractivity contribution in [3.63, 3.8) is 0 Å². The summed E-state index contributed by atoms with van der Waals surface area (Å²) in [6, 6.07) is 17.6. The molecule has 1 unspecified atom stereocenters. The van der Waals surface area contributed by atoms with Crippen molar-refractivity contribution >= 4 is 23.6 Å². The Hall–Kier alpha value is -2.11. The highest BCUT2D eigenvalue weighted by molar-refractivity contribution is 7.98. The van der Waals surface area contributed by atoms with Crippen LogP contribution in [-0.2, 0) is 22.7 Å². The van der Waals surface area contributed by atoms with Crippen molar-refractivity contribution in [3.05, 3.63) is 65.7 Å². The third kappa shape index (κ3) is 4.11. The average Bonchev–Trinajstić information content (AvgIpc) is 2.91. The van der Waals surface area contributed by atoms with Gasteiger partial charge in [0, 0.05) is 11.4 Å². The quantitative estimate of drug-likeness (QED) is 0.590. The van der Waals surface area contributed by atoms with E-state index in [2.05, 4.69) is 24.3 Å². The molecule has 25 heavy (non-hydrogen) atoms. The van der Waals surface area contributed by atoms with Crippen LogP contribution >= 0.6 is 11.8 Å². The number of hydrogen-bond acceptors (Lipinski definition) is 4. The minimum atomic E-state index is -0.378. The maximum atomic E-state index is 12.7. The van der Waals surface area contributed by atoms with Crippen LogP contribution in [-0.4, -0.2) is 41.0 Å². The van der Waals surface area contributed by atoms with Crippen molar-refractivity contribution in [2.24, 2.45) is 0 Å². The van der Waals surface area contributed by atoms with Gasteiger partial charge in [-0.15, -0.1) is 11.8 Å². The molecule has 0 N–H and O–H groups in total. The maximum absolute atomic E-state index is 12.7. The molecule has 0 bridgehead atoms. The van der Waals surface area contributed by atoms with Gasteiger partial charge in [-0.3, -0.25) is 19.4 Å². The number of amides is 2. The summed E-state index contributed by atoms with van der Waals surface area (Å²) in [4.78, 5) is 29.6. The van der Waals surface area contributed by atoms with Gasteiger partial charge in [0.25, 0.3) is 0 Å².